The van der Waals surface area contributed by atoms with E-state index in [2.05, 4.69) is 17.3 Å². The van der Waals surface area contributed by atoms with Gasteiger partial charge in [0, 0.05) is 25.3 Å². The highest BCUT2D eigenvalue weighted by Crippen LogP contribution is 2.18. The van der Waals surface area contributed by atoms with Crippen LogP contribution in [-0.2, 0) is 16.6 Å². The van der Waals surface area contributed by atoms with Gasteiger partial charge in [-0.2, -0.15) is 9.40 Å². The first-order valence-corrected chi connectivity index (χ1v) is 9.06. The summed E-state index contributed by atoms with van der Waals surface area (Å²) in [7, 11) is -1.60. The summed E-state index contributed by atoms with van der Waals surface area (Å²) in [6, 6.07) is -0.0486. The zero-order chi connectivity index (χ0) is 15.9. The van der Waals surface area contributed by atoms with Crippen molar-refractivity contribution in [3.63, 3.8) is 0 Å². The maximum absolute atomic E-state index is 12.7. The van der Waals surface area contributed by atoms with E-state index in [1.54, 1.807) is 15.2 Å². The molecule has 0 aliphatic rings. The average molecular weight is 316 g/mol. The third-order valence-corrected chi connectivity index (χ3v) is 5.39. The van der Waals surface area contributed by atoms with Gasteiger partial charge in [0.25, 0.3) is 0 Å². The Morgan fingerprint density at radius 2 is 2.10 bits per heavy atom. The van der Waals surface area contributed by atoms with E-state index in [9.17, 15) is 8.42 Å². The maximum atomic E-state index is 12.7. The highest BCUT2D eigenvalue weighted by atomic mass is 32.2. The van der Waals surface area contributed by atoms with Crippen LogP contribution in [0.25, 0.3) is 0 Å². The van der Waals surface area contributed by atoms with Crippen LogP contribution in [0.5, 0.6) is 0 Å². The van der Waals surface area contributed by atoms with Crippen molar-refractivity contribution in [1.29, 1.82) is 0 Å². The van der Waals surface area contributed by atoms with Crippen molar-refractivity contribution in [2.24, 2.45) is 0 Å². The van der Waals surface area contributed by atoms with Gasteiger partial charge in [-0.3, -0.25) is 4.68 Å². The Balaban J connectivity index is 2.86. The third-order valence-electron chi connectivity index (χ3n) is 3.37. The van der Waals surface area contributed by atoms with Crippen molar-refractivity contribution in [1.82, 2.24) is 19.4 Å². The molecule has 7 heteroatoms. The highest BCUT2D eigenvalue weighted by molar-refractivity contribution is 7.89. The van der Waals surface area contributed by atoms with Crippen LogP contribution in [0.1, 0.15) is 40.0 Å². The first-order valence-electron chi connectivity index (χ1n) is 7.62. The smallest absolute Gasteiger partial charge is 0.246 e. The molecule has 21 heavy (non-hydrogen) atoms. The molecule has 0 unspecified atom stereocenters. The molecule has 6 nitrogen and oxygen atoms in total. The van der Waals surface area contributed by atoms with Crippen molar-refractivity contribution >= 4 is 10.0 Å². The zero-order valence-corrected chi connectivity index (χ0v) is 14.4. The Kier molecular flexibility index (Phi) is 7.34. The number of nitrogens with one attached hydrogen (secondary N) is 1. The van der Waals surface area contributed by atoms with Gasteiger partial charge >= 0.3 is 0 Å². The van der Waals surface area contributed by atoms with Crippen LogP contribution in [0.15, 0.2) is 17.3 Å². The van der Waals surface area contributed by atoms with Crippen LogP contribution < -0.4 is 5.32 Å². The van der Waals surface area contributed by atoms with Gasteiger partial charge in [-0.1, -0.05) is 19.8 Å². The molecule has 0 amide bonds. The van der Waals surface area contributed by atoms with Gasteiger partial charge in [0.15, 0.2) is 0 Å². The van der Waals surface area contributed by atoms with Crippen LogP contribution in [0, 0.1) is 0 Å². The minimum absolute atomic E-state index is 0.0486. The highest BCUT2D eigenvalue weighted by Gasteiger charge is 2.27. The van der Waals surface area contributed by atoms with Crippen LogP contribution in [0.2, 0.25) is 0 Å². The number of aromatic nitrogens is 2. The Hall–Kier alpha value is -0.920. The minimum Gasteiger partial charge on any atom is -0.318 e. The molecule has 0 aliphatic carbocycles. The molecule has 0 spiro atoms. The number of rotatable bonds is 10. The van der Waals surface area contributed by atoms with Crippen molar-refractivity contribution in [3.05, 3.63) is 12.4 Å². The Labute approximate surface area is 128 Å². The minimum atomic E-state index is -3.46. The second-order valence-electron chi connectivity index (χ2n) is 5.46. The Morgan fingerprint density at radius 1 is 1.38 bits per heavy atom. The van der Waals surface area contributed by atoms with E-state index in [0.29, 0.717) is 13.1 Å². The lowest BCUT2D eigenvalue weighted by atomic mass is 10.2. The van der Waals surface area contributed by atoms with Crippen molar-refractivity contribution < 1.29 is 8.42 Å². The SMILES string of the molecule is CCCCCN(C(C)C)S(=O)(=O)c1cnn(CCNC)c1. The van der Waals surface area contributed by atoms with E-state index >= 15 is 0 Å². The topological polar surface area (TPSA) is 67.2 Å². The summed E-state index contributed by atoms with van der Waals surface area (Å²) in [5, 5.41) is 7.15. The van der Waals surface area contributed by atoms with E-state index in [0.717, 1.165) is 25.8 Å². The summed E-state index contributed by atoms with van der Waals surface area (Å²) in [4.78, 5) is 0.281. The van der Waals surface area contributed by atoms with Gasteiger partial charge in [-0.25, -0.2) is 8.42 Å². The lowest BCUT2D eigenvalue weighted by Crippen LogP contribution is -2.37. The normalized spacial score (nSPS) is 12.5. The number of unbranched alkanes of at least 4 members (excludes halogenated alkanes) is 2. The molecular formula is C14H28N4O2S. The van der Waals surface area contributed by atoms with Gasteiger partial charge in [0.05, 0.1) is 12.7 Å². The van der Waals surface area contributed by atoms with E-state index < -0.39 is 10.0 Å². The summed E-state index contributed by atoms with van der Waals surface area (Å²) < 4.78 is 28.7. The first-order chi connectivity index (χ1) is 9.93. The lowest BCUT2D eigenvalue weighted by molar-refractivity contribution is 0.345. The number of hydrogen-bond acceptors (Lipinski definition) is 4. The van der Waals surface area contributed by atoms with Gasteiger partial charge in [0.2, 0.25) is 10.0 Å². The van der Waals surface area contributed by atoms with Crippen LogP contribution in [0.4, 0.5) is 0 Å². The molecule has 122 valence electrons. The van der Waals surface area contributed by atoms with Crippen molar-refractivity contribution in [2.45, 2.75) is 57.5 Å². The molecule has 0 bridgehead atoms. The summed E-state index contributed by atoms with van der Waals surface area (Å²) in [5.74, 6) is 0. The third kappa shape index (κ3) is 5.09. The second-order valence-corrected chi connectivity index (χ2v) is 7.35. The predicted octanol–water partition coefficient (Wildman–Crippen LogP) is 1.69. The molecular weight excluding hydrogens is 288 g/mol. The van der Waals surface area contributed by atoms with E-state index in [1.165, 1.54) is 6.20 Å². The molecule has 0 aromatic carbocycles. The standard InChI is InChI=1S/C14H28N4O2S/c1-5-6-7-9-18(13(2)3)21(19,20)14-11-16-17(12-14)10-8-15-4/h11-13,15H,5-10H2,1-4H3. The monoisotopic (exact) mass is 316 g/mol. The van der Waals surface area contributed by atoms with Crippen molar-refractivity contribution in [3.8, 4) is 0 Å². The summed E-state index contributed by atoms with van der Waals surface area (Å²) >= 11 is 0. The Bertz CT molecular complexity index is 511. The molecule has 0 saturated heterocycles. The molecule has 1 aromatic rings. The average Bonchev–Trinajstić information content (AvgIpc) is 2.90. The molecule has 0 aliphatic heterocycles. The van der Waals surface area contributed by atoms with E-state index in [-0.39, 0.29) is 10.9 Å². The van der Waals surface area contributed by atoms with Crippen LogP contribution in [-0.4, -0.2) is 48.7 Å². The molecule has 1 rings (SSSR count). The molecule has 1 N–H and O–H groups in total. The molecule has 1 aromatic heterocycles. The summed E-state index contributed by atoms with van der Waals surface area (Å²) in [5.41, 5.74) is 0. The summed E-state index contributed by atoms with van der Waals surface area (Å²) in [6.45, 7) is 7.91. The molecule has 0 saturated carbocycles. The lowest BCUT2D eigenvalue weighted by Gasteiger charge is -2.25. The largest absolute Gasteiger partial charge is 0.318 e. The number of sulfonamides is 1. The van der Waals surface area contributed by atoms with Crippen LogP contribution in [0.3, 0.4) is 0 Å². The number of hydrogen-bond donors (Lipinski definition) is 1. The fourth-order valence-corrected chi connectivity index (χ4v) is 3.77. The molecule has 1 heterocycles. The van der Waals surface area contributed by atoms with Gasteiger partial charge < -0.3 is 5.32 Å². The van der Waals surface area contributed by atoms with Crippen molar-refractivity contribution in [2.75, 3.05) is 20.1 Å². The predicted molar refractivity (Wildman–Crippen MR) is 84.7 cm³/mol. The zero-order valence-electron chi connectivity index (χ0n) is 13.5. The van der Waals surface area contributed by atoms with E-state index in [4.69, 9.17) is 0 Å². The summed E-state index contributed by atoms with van der Waals surface area (Å²) in [6.07, 6.45) is 6.07. The fraction of sp³-hybridized carbons (Fsp3) is 0.786. The Morgan fingerprint density at radius 3 is 2.67 bits per heavy atom. The van der Waals surface area contributed by atoms with Gasteiger partial charge in [-0.05, 0) is 27.3 Å². The fourth-order valence-electron chi connectivity index (χ4n) is 2.14. The first kappa shape index (κ1) is 18.1. The van der Waals surface area contributed by atoms with Gasteiger partial charge in [-0.15, -0.1) is 0 Å². The van der Waals surface area contributed by atoms with Crippen LogP contribution >= 0.6 is 0 Å². The molecule has 0 atom stereocenters. The second kappa shape index (κ2) is 8.51. The van der Waals surface area contributed by atoms with Gasteiger partial charge in [0.1, 0.15) is 4.90 Å². The molecule has 0 fully saturated rings. The number of nitrogens with zero attached hydrogens (tertiary/aromatic N) is 3. The number of likely N-dealkylation sites (N-methyl/N-ethyl adjacent to an activating group) is 1. The quantitative estimate of drug-likeness (QED) is 0.667. The molecule has 0 radical (unpaired) electrons. The maximum Gasteiger partial charge on any atom is 0.246 e. The van der Waals surface area contributed by atoms with E-state index in [1.807, 2.05) is 20.9 Å².